The first kappa shape index (κ1) is 21.3. The molecule has 0 radical (unpaired) electrons. The predicted molar refractivity (Wildman–Crippen MR) is 136 cm³/mol. The summed E-state index contributed by atoms with van der Waals surface area (Å²) in [6.45, 7) is 12.6. The molecule has 5 rings (SSSR count). The fourth-order valence-corrected chi connectivity index (χ4v) is 6.18. The molecule has 168 valence electrons. The van der Waals surface area contributed by atoms with Gasteiger partial charge in [0.25, 0.3) is 0 Å². The van der Waals surface area contributed by atoms with Gasteiger partial charge in [-0.15, -0.1) is 11.3 Å². The Morgan fingerprint density at radius 1 is 1.16 bits per heavy atom. The van der Waals surface area contributed by atoms with E-state index in [9.17, 15) is 0 Å². The van der Waals surface area contributed by atoms with Crippen LogP contribution in [-0.2, 0) is 0 Å². The highest BCUT2D eigenvalue weighted by Crippen LogP contribution is 2.40. The Hall–Kier alpha value is -2.51. The largest absolute Gasteiger partial charge is 0.371 e. The van der Waals surface area contributed by atoms with E-state index in [0.29, 0.717) is 11.7 Å². The number of rotatable bonds is 4. The van der Waals surface area contributed by atoms with Crippen LogP contribution in [0.5, 0.6) is 0 Å². The van der Waals surface area contributed by atoms with Gasteiger partial charge in [-0.05, 0) is 76.7 Å². The van der Waals surface area contributed by atoms with Crippen LogP contribution in [-0.4, -0.2) is 49.6 Å². The van der Waals surface area contributed by atoms with Crippen molar-refractivity contribution in [1.29, 1.82) is 10.8 Å². The van der Waals surface area contributed by atoms with E-state index in [0.717, 1.165) is 46.8 Å². The summed E-state index contributed by atoms with van der Waals surface area (Å²) >= 11 is 1.65. The minimum atomic E-state index is -0.304. The van der Waals surface area contributed by atoms with Gasteiger partial charge < -0.3 is 10.2 Å². The SMILES string of the molecule is CC(=N)N1C(=N)[C@H](C)N=C(c2ccc(N3CC(CC4CNC4)C3)cc2)c2c1sc(C)c2C. The van der Waals surface area contributed by atoms with Crippen LogP contribution < -0.4 is 15.1 Å². The molecule has 7 heteroatoms. The van der Waals surface area contributed by atoms with Crippen LogP contribution in [0.1, 0.15) is 41.8 Å². The van der Waals surface area contributed by atoms with Crippen molar-refractivity contribution >= 4 is 39.4 Å². The van der Waals surface area contributed by atoms with Crippen LogP contribution in [0.25, 0.3) is 0 Å². The van der Waals surface area contributed by atoms with Gasteiger partial charge in [0.05, 0.1) is 5.71 Å². The molecule has 2 aromatic rings. The van der Waals surface area contributed by atoms with E-state index in [4.69, 9.17) is 15.8 Å². The summed E-state index contributed by atoms with van der Waals surface area (Å²) in [5.74, 6) is 2.43. The van der Waals surface area contributed by atoms with E-state index < -0.39 is 0 Å². The lowest BCUT2D eigenvalue weighted by Crippen LogP contribution is -2.51. The summed E-state index contributed by atoms with van der Waals surface area (Å²) in [7, 11) is 0. The third kappa shape index (κ3) is 3.57. The van der Waals surface area contributed by atoms with Gasteiger partial charge in [-0.25, -0.2) is 0 Å². The molecule has 4 heterocycles. The summed E-state index contributed by atoms with van der Waals surface area (Å²) in [5, 5.41) is 21.3. The highest BCUT2D eigenvalue weighted by molar-refractivity contribution is 7.17. The van der Waals surface area contributed by atoms with E-state index in [1.165, 1.54) is 35.6 Å². The fourth-order valence-electron chi connectivity index (χ4n) is 4.96. The van der Waals surface area contributed by atoms with Gasteiger partial charge in [-0.2, -0.15) is 0 Å². The standard InChI is InChI=1S/C25H32N6S/c1-14-16(3)32-25-22(14)23(29-15(2)24(27)31(25)17(4)26)20-5-7-21(8-6-20)30-12-19(13-30)9-18-10-28-11-18/h5-8,15,18-19,26-28H,9-13H2,1-4H3/t15-/m0/s1. The zero-order valence-electron chi connectivity index (χ0n) is 19.3. The number of aliphatic imine (C=N–C) groups is 1. The lowest BCUT2D eigenvalue weighted by molar-refractivity contribution is 0.248. The van der Waals surface area contributed by atoms with Crippen LogP contribution in [0.2, 0.25) is 0 Å². The molecule has 0 bridgehead atoms. The average Bonchev–Trinajstić information content (AvgIpc) is 2.91. The number of thiophene rings is 1. The van der Waals surface area contributed by atoms with E-state index in [-0.39, 0.29) is 6.04 Å². The lowest BCUT2D eigenvalue weighted by atomic mass is 9.85. The number of anilines is 2. The lowest BCUT2D eigenvalue weighted by Gasteiger charge is -2.44. The van der Waals surface area contributed by atoms with Gasteiger partial charge in [-0.1, -0.05) is 12.1 Å². The Morgan fingerprint density at radius 2 is 1.84 bits per heavy atom. The molecule has 2 fully saturated rings. The van der Waals surface area contributed by atoms with Crippen molar-refractivity contribution in [2.75, 3.05) is 36.0 Å². The molecule has 0 unspecified atom stereocenters. The van der Waals surface area contributed by atoms with Gasteiger partial charge in [0.15, 0.2) is 0 Å². The molecule has 0 saturated carbocycles. The summed E-state index contributed by atoms with van der Waals surface area (Å²) in [4.78, 5) is 10.4. The molecule has 1 atom stereocenters. The predicted octanol–water partition coefficient (Wildman–Crippen LogP) is 4.43. The smallest absolute Gasteiger partial charge is 0.132 e. The number of aryl methyl sites for hydroxylation is 1. The Morgan fingerprint density at radius 3 is 2.44 bits per heavy atom. The summed E-state index contributed by atoms with van der Waals surface area (Å²) in [5.41, 5.74) is 5.56. The molecule has 32 heavy (non-hydrogen) atoms. The van der Waals surface area contributed by atoms with Gasteiger partial charge in [0, 0.05) is 34.8 Å². The molecule has 3 aliphatic rings. The second kappa shape index (κ2) is 8.12. The minimum absolute atomic E-state index is 0.304. The number of benzene rings is 1. The Bertz CT molecular complexity index is 1090. The number of fused-ring (bicyclic) bond motifs is 1. The maximum Gasteiger partial charge on any atom is 0.132 e. The van der Waals surface area contributed by atoms with E-state index >= 15 is 0 Å². The third-order valence-corrected chi connectivity index (χ3v) is 8.29. The first-order valence-corrected chi connectivity index (χ1v) is 12.3. The Labute approximate surface area is 194 Å². The molecule has 3 N–H and O–H groups in total. The fraction of sp³-hybridized carbons (Fsp3) is 0.480. The number of nitrogens with zero attached hydrogens (tertiary/aromatic N) is 3. The van der Waals surface area contributed by atoms with Crippen LogP contribution in [0, 0.1) is 36.5 Å². The quantitative estimate of drug-likeness (QED) is 0.478. The van der Waals surface area contributed by atoms with E-state index in [1.54, 1.807) is 23.2 Å². The van der Waals surface area contributed by atoms with Crippen LogP contribution in [0.15, 0.2) is 29.3 Å². The summed E-state index contributed by atoms with van der Waals surface area (Å²) in [6, 6.07) is 8.48. The zero-order chi connectivity index (χ0) is 22.6. The Balaban J connectivity index is 1.42. The summed E-state index contributed by atoms with van der Waals surface area (Å²) < 4.78 is 0. The second-order valence-electron chi connectivity index (χ2n) is 9.50. The van der Waals surface area contributed by atoms with E-state index in [1.807, 2.05) is 6.92 Å². The molecule has 6 nitrogen and oxygen atoms in total. The number of hydrogen-bond acceptors (Lipinski definition) is 6. The molecular weight excluding hydrogens is 416 g/mol. The molecule has 3 aliphatic heterocycles. The first-order valence-electron chi connectivity index (χ1n) is 11.5. The van der Waals surface area contributed by atoms with E-state index in [2.05, 4.69) is 48.3 Å². The highest BCUT2D eigenvalue weighted by Gasteiger charge is 2.33. The van der Waals surface area contributed by atoms with Crippen molar-refractivity contribution in [2.24, 2.45) is 16.8 Å². The average molecular weight is 449 g/mol. The van der Waals surface area contributed by atoms with Crippen molar-refractivity contribution in [1.82, 2.24) is 5.32 Å². The van der Waals surface area contributed by atoms with Gasteiger partial charge in [0.2, 0.25) is 0 Å². The van der Waals surface area contributed by atoms with Crippen LogP contribution >= 0.6 is 11.3 Å². The first-order chi connectivity index (χ1) is 15.3. The third-order valence-electron chi connectivity index (χ3n) is 7.10. The van der Waals surface area contributed by atoms with Crippen LogP contribution in [0.3, 0.4) is 0 Å². The van der Waals surface area contributed by atoms with Crippen LogP contribution in [0.4, 0.5) is 10.7 Å². The highest BCUT2D eigenvalue weighted by atomic mass is 32.1. The van der Waals surface area contributed by atoms with Crippen molar-refractivity contribution in [3.05, 3.63) is 45.8 Å². The minimum Gasteiger partial charge on any atom is -0.371 e. The van der Waals surface area contributed by atoms with Crippen molar-refractivity contribution in [2.45, 2.75) is 40.2 Å². The molecule has 2 saturated heterocycles. The maximum absolute atomic E-state index is 8.67. The molecule has 0 spiro atoms. The van der Waals surface area contributed by atoms with Gasteiger partial charge >= 0.3 is 0 Å². The maximum atomic E-state index is 8.67. The second-order valence-corrected chi connectivity index (χ2v) is 10.7. The normalized spacial score (nSPS) is 21.6. The number of hydrogen-bond donors (Lipinski definition) is 3. The van der Waals surface area contributed by atoms with Crippen molar-refractivity contribution in [3.63, 3.8) is 0 Å². The molecule has 0 amide bonds. The monoisotopic (exact) mass is 448 g/mol. The molecule has 1 aromatic carbocycles. The number of amidine groups is 2. The van der Waals surface area contributed by atoms with Gasteiger partial charge in [0.1, 0.15) is 22.7 Å². The molecule has 0 aliphatic carbocycles. The van der Waals surface area contributed by atoms with Crippen molar-refractivity contribution < 1.29 is 0 Å². The Kier molecular flexibility index (Phi) is 5.42. The van der Waals surface area contributed by atoms with Crippen molar-refractivity contribution in [3.8, 4) is 0 Å². The molecule has 1 aromatic heterocycles. The molecular formula is C25H32N6S. The summed E-state index contributed by atoms with van der Waals surface area (Å²) in [6.07, 6.45) is 1.35. The van der Waals surface area contributed by atoms with Gasteiger partial charge in [-0.3, -0.25) is 20.7 Å². The topological polar surface area (TPSA) is 78.6 Å². The number of nitrogens with one attached hydrogen (secondary N) is 3. The zero-order valence-corrected chi connectivity index (χ0v) is 20.1.